The normalized spacial score (nSPS) is 9.29. The smallest absolute Gasteiger partial charge is 0.222 e. The third-order valence-corrected chi connectivity index (χ3v) is 1.53. The van der Waals surface area contributed by atoms with E-state index in [4.69, 9.17) is 10.2 Å². The van der Waals surface area contributed by atoms with E-state index in [2.05, 4.69) is 24.5 Å². The number of amides is 2. The van der Waals surface area contributed by atoms with Crippen molar-refractivity contribution in [3.05, 3.63) is 0 Å². The topological polar surface area (TPSA) is 98.7 Å². The highest BCUT2D eigenvalue weighted by Gasteiger charge is 2.09. The van der Waals surface area contributed by atoms with Crippen LogP contribution in [0.3, 0.4) is 0 Å². The maximum atomic E-state index is 11.1. The molecule has 0 aliphatic heterocycles. The first-order valence-corrected chi connectivity index (χ1v) is 5.77. The Kier molecular flexibility index (Phi) is 13.9. The number of aliphatic hydroxyl groups is 2. The van der Waals surface area contributed by atoms with Crippen LogP contribution in [0.25, 0.3) is 0 Å². The molecule has 0 spiro atoms. The first-order chi connectivity index (χ1) is 8.01. The minimum Gasteiger partial charge on any atom is -0.394 e. The summed E-state index contributed by atoms with van der Waals surface area (Å²) in [6.45, 7) is 5.26. The Labute approximate surface area is 102 Å². The Morgan fingerprint density at radius 3 is 2.00 bits per heavy atom. The van der Waals surface area contributed by atoms with Gasteiger partial charge in [-0.3, -0.25) is 9.59 Å². The highest BCUT2D eigenvalue weighted by atomic mass is 16.3. The highest BCUT2D eigenvalue weighted by molar-refractivity contribution is 5.78. The third kappa shape index (κ3) is 14.9. The van der Waals surface area contributed by atoms with Crippen LogP contribution in [0.2, 0.25) is 0 Å². The third-order valence-electron chi connectivity index (χ3n) is 1.53. The average Bonchev–Trinajstić information content (AvgIpc) is 2.26. The van der Waals surface area contributed by atoms with Crippen molar-refractivity contribution in [1.82, 2.24) is 10.6 Å². The van der Waals surface area contributed by atoms with Crippen LogP contribution in [0.1, 0.15) is 33.6 Å². The molecule has 0 aromatic carbocycles. The number of aliphatic hydroxyl groups excluding tert-OH is 2. The van der Waals surface area contributed by atoms with Gasteiger partial charge in [-0.05, 0) is 0 Å². The molecule has 0 fully saturated rings. The molecule has 0 rings (SSSR count). The van der Waals surface area contributed by atoms with Gasteiger partial charge in [0.25, 0.3) is 0 Å². The van der Waals surface area contributed by atoms with Gasteiger partial charge < -0.3 is 20.8 Å². The summed E-state index contributed by atoms with van der Waals surface area (Å²) in [5, 5.41) is 22.1. The molecular formula is C11H24N2O4. The standard InChI is InChI=1S/C8H16N2O4.C3H8/c1-6(13)9-3-2-8(14)10-7(4-11)5-12;1-3-2/h7,11-12H,2-5H2,1H3,(H,9,13)(H,10,14);3H2,1-2H3. The molecule has 102 valence electrons. The van der Waals surface area contributed by atoms with E-state index < -0.39 is 6.04 Å². The summed E-state index contributed by atoms with van der Waals surface area (Å²) in [5.74, 6) is -0.509. The Morgan fingerprint density at radius 2 is 1.65 bits per heavy atom. The molecule has 6 heteroatoms. The first kappa shape index (κ1) is 18.2. The lowest BCUT2D eigenvalue weighted by atomic mass is 10.3. The highest BCUT2D eigenvalue weighted by Crippen LogP contribution is 1.83. The molecule has 2 amide bonds. The molecule has 17 heavy (non-hydrogen) atoms. The molecule has 0 atom stereocenters. The van der Waals surface area contributed by atoms with Crippen molar-refractivity contribution in [3.8, 4) is 0 Å². The van der Waals surface area contributed by atoms with E-state index in [1.807, 2.05) is 0 Å². The predicted molar refractivity (Wildman–Crippen MR) is 65.4 cm³/mol. The van der Waals surface area contributed by atoms with Crippen molar-refractivity contribution in [2.75, 3.05) is 19.8 Å². The summed E-state index contributed by atoms with van der Waals surface area (Å²) in [4.78, 5) is 21.5. The molecule has 0 bridgehead atoms. The lowest BCUT2D eigenvalue weighted by Gasteiger charge is -2.12. The number of carbonyl (C=O) groups is 2. The molecule has 0 aliphatic rings. The SMILES string of the molecule is CC(=O)NCCC(=O)NC(CO)CO.CCC. The maximum absolute atomic E-state index is 11.1. The number of nitrogens with one attached hydrogen (secondary N) is 2. The van der Waals surface area contributed by atoms with E-state index in [-0.39, 0.29) is 38.0 Å². The van der Waals surface area contributed by atoms with E-state index in [9.17, 15) is 9.59 Å². The van der Waals surface area contributed by atoms with Gasteiger partial charge in [0, 0.05) is 19.9 Å². The fourth-order valence-corrected chi connectivity index (χ4v) is 0.801. The number of hydrogen-bond donors (Lipinski definition) is 4. The van der Waals surface area contributed by atoms with Crippen molar-refractivity contribution in [2.24, 2.45) is 0 Å². The van der Waals surface area contributed by atoms with Gasteiger partial charge in [0.15, 0.2) is 0 Å². The van der Waals surface area contributed by atoms with Gasteiger partial charge in [-0.25, -0.2) is 0 Å². The summed E-state index contributed by atoms with van der Waals surface area (Å²) < 4.78 is 0. The Bertz CT molecular complexity index is 206. The lowest BCUT2D eigenvalue weighted by Crippen LogP contribution is -2.41. The number of carbonyl (C=O) groups excluding carboxylic acids is 2. The van der Waals surface area contributed by atoms with Gasteiger partial charge in [-0.2, -0.15) is 0 Å². The van der Waals surface area contributed by atoms with Crippen LogP contribution in [-0.2, 0) is 9.59 Å². The van der Waals surface area contributed by atoms with E-state index in [0.29, 0.717) is 0 Å². The van der Waals surface area contributed by atoms with Gasteiger partial charge in [-0.1, -0.05) is 20.3 Å². The van der Waals surface area contributed by atoms with E-state index in [1.54, 1.807) is 0 Å². The monoisotopic (exact) mass is 248 g/mol. The molecule has 0 aromatic heterocycles. The summed E-state index contributed by atoms with van der Waals surface area (Å²) in [5.41, 5.74) is 0. The first-order valence-electron chi connectivity index (χ1n) is 5.77. The molecule has 0 radical (unpaired) electrons. The molecule has 4 N–H and O–H groups in total. The van der Waals surface area contributed by atoms with Gasteiger partial charge in [0.1, 0.15) is 0 Å². The fraction of sp³-hybridized carbons (Fsp3) is 0.818. The molecule has 0 saturated heterocycles. The Morgan fingerprint density at radius 1 is 1.18 bits per heavy atom. The lowest BCUT2D eigenvalue weighted by molar-refractivity contribution is -0.122. The van der Waals surface area contributed by atoms with Crippen LogP contribution in [0.15, 0.2) is 0 Å². The number of rotatable bonds is 6. The van der Waals surface area contributed by atoms with Crippen LogP contribution in [0.4, 0.5) is 0 Å². The zero-order chi connectivity index (χ0) is 13.7. The molecule has 0 heterocycles. The molecule has 0 saturated carbocycles. The van der Waals surface area contributed by atoms with Crippen LogP contribution in [-0.4, -0.2) is 47.8 Å². The quantitative estimate of drug-likeness (QED) is 0.504. The van der Waals surface area contributed by atoms with Gasteiger partial charge in [0.05, 0.1) is 19.3 Å². The van der Waals surface area contributed by atoms with Crippen LogP contribution < -0.4 is 10.6 Å². The molecular weight excluding hydrogens is 224 g/mol. The van der Waals surface area contributed by atoms with E-state index >= 15 is 0 Å². The summed E-state index contributed by atoms with van der Waals surface area (Å²) in [7, 11) is 0. The molecule has 0 aliphatic carbocycles. The summed E-state index contributed by atoms with van der Waals surface area (Å²) >= 11 is 0. The van der Waals surface area contributed by atoms with Crippen molar-refractivity contribution >= 4 is 11.8 Å². The van der Waals surface area contributed by atoms with Crippen LogP contribution in [0.5, 0.6) is 0 Å². The fourth-order valence-electron chi connectivity index (χ4n) is 0.801. The minimum absolute atomic E-state index is 0.135. The van der Waals surface area contributed by atoms with Crippen molar-refractivity contribution in [2.45, 2.75) is 39.7 Å². The zero-order valence-corrected chi connectivity index (χ0v) is 10.8. The average molecular weight is 248 g/mol. The van der Waals surface area contributed by atoms with Crippen molar-refractivity contribution in [3.63, 3.8) is 0 Å². The molecule has 0 aromatic rings. The second-order valence-corrected chi connectivity index (χ2v) is 3.57. The summed E-state index contributed by atoms with van der Waals surface area (Å²) in [6, 6.07) is -0.625. The van der Waals surface area contributed by atoms with Gasteiger partial charge in [0.2, 0.25) is 11.8 Å². The minimum atomic E-state index is -0.625. The Hall–Kier alpha value is -1.14. The van der Waals surface area contributed by atoms with Crippen LogP contribution >= 0.6 is 0 Å². The Balaban J connectivity index is 0. The van der Waals surface area contributed by atoms with Crippen molar-refractivity contribution < 1.29 is 19.8 Å². The zero-order valence-electron chi connectivity index (χ0n) is 10.8. The van der Waals surface area contributed by atoms with Crippen molar-refractivity contribution in [1.29, 1.82) is 0 Å². The van der Waals surface area contributed by atoms with Gasteiger partial charge >= 0.3 is 0 Å². The summed E-state index contributed by atoms with van der Waals surface area (Å²) in [6.07, 6.45) is 1.38. The predicted octanol–water partition coefficient (Wildman–Crippen LogP) is -0.602. The second-order valence-electron chi connectivity index (χ2n) is 3.57. The molecule has 0 unspecified atom stereocenters. The van der Waals surface area contributed by atoms with Gasteiger partial charge in [-0.15, -0.1) is 0 Å². The van der Waals surface area contributed by atoms with Crippen LogP contribution in [0, 0.1) is 0 Å². The largest absolute Gasteiger partial charge is 0.394 e. The number of hydrogen-bond acceptors (Lipinski definition) is 4. The maximum Gasteiger partial charge on any atom is 0.222 e. The molecule has 6 nitrogen and oxygen atoms in total. The van der Waals surface area contributed by atoms with E-state index in [0.717, 1.165) is 0 Å². The second kappa shape index (κ2) is 12.9. The van der Waals surface area contributed by atoms with E-state index in [1.165, 1.54) is 13.3 Å².